The average molecular weight is 361 g/mol. The fourth-order valence-electron chi connectivity index (χ4n) is 2.15. The van der Waals surface area contributed by atoms with Crippen LogP contribution in [0.5, 0.6) is 11.5 Å². The zero-order valence-electron chi connectivity index (χ0n) is 12.5. The molecule has 5 nitrogen and oxygen atoms in total. The summed E-state index contributed by atoms with van der Waals surface area (Å²) in [4.78, 5) is 13.0. The molecule has 1 heterocycles. The van der Waals surface area contributed by atoms with Crippen LogP contribution in [0.1, 0.15) is 5.56 Å². The largest absolute Gasteiger partial charge is 0.486 e. The quantitative estimate of drug-likeness (QED) is 0.841. The molecule has 0 saturated carbocycles. The summed E-state index contributed by atoms with van der Waals surface area (Å²) in [7, 11) is 0. The van der Waals surface area contributed by atoms with Crippen LogP contribution in [0.25, 0.3) is 0 Å². The zero-order chi connectivity index (χ0) is 16.9. The van der Waals surface area contributed by atoms with E-state index in [0.29, 0.717) is 35.2 Å². The molecule has 0 atom stereocenters. The number of carbonyl (C=O) groups is 1. The number of amides is 1. The first kappa shape index (κ1) is 16.5. The van der Waals surface area contributed by atoms with Crippen molar-refractivity contribution in [3.63, 3.8) is 0 Å². The second-order valence-electron chi connectivity index (χ2n) is 4.95. The first-order chi connectivity index (χ1) is 11.7. The Bertz CT molecular complexity index is 820. The number of rotatable bonds is 4. The van der Waals surface area contributed by atoms with Crippen LogP contribution in [-0.4, -0.2) is 24.9 Å². The number of carbonyl (C=O) groups excluding carboxylic acids is 1. The third-order valence-corrected chi connectivity index (χ3v) is 4.58. The number of benzene rings is 2. The fraction of sp³-hybridized carbons (Fsp3) is 0.176. The van der Waals surface area contributed by atoms with Crippen LogP contribution in [0.2, 0.25) is 5.02 Å². The molecule has 0 aromatic heterocycles. The molecule has 0 spiro atoms. The fourth-order valence-corrected chi connectivity index (χ4v) is 3.03. The maximum Gasteiger partial charge on any atom is 0.234 e. The number of ether oxygens (including phenoxy) is 2. The normalized spacial score (nSPS) is 12.3. The van der Waals surface area contributed by atoms with Gasteiger partial charge in [0.2, 0.25) is 5.91 Å². The van der Waals surface area contributed by atoms with Crippen LogP contribution in [0.4, 0.5) is 5.69 Å². The van der Waals surface area contributed by atoms with Gasteiger partial charge in [-0.2, -0.15) is 5.26 Å². The molecule has 0 radical (unpaired) electrons. The van der Waals surface area contributed by atoms with Crippen LogP contribution >= 0.6 is 23.4 Å². The number of hydrogen-bond acceptors (Lipinski definition) is 5. The van der Waals surface area contributed by atoms with E-state index in [-0.39, 0.29) is 11.7 Å². The lowest BCUT2D eigenvalue weighted by molar-refractivity contribution is -0.113. The highest BCUT2D eigenvalue weighted by Gasteiger charge is 2.13. The smallest absolute Gasteiger partial charge is 0.234 e. The topological polar surface area (TPSA) is 71.4 Å². The second kappa shape index (κ2) is 7.47. The van der Waals surface area contributed by atoms with E-state index >= 15 is 0 Å². The molecule has 1 aliphatic heterocycles. The number of anilines is 1. The molecular weight excluding hydrogens is 348 g/mol. The van der Waals surface area contributed by atoms with Gasteiger partial charge in [0.1, 0.15) is 19.3 Å². The van der Waals surface area contributed by atoms with E-state index in [1.165, 1.54) is 11.8 Å². The Kier molecular flexibility index (Phi) is 5.14. The Morgan fingerprint density at radius 2 is 2.00 bits per heavy atom. The van der Waals surface area contributed by atoms with Crippen LogP contribution in [0.3, 0.4) is 0 Å². The van der Waals surface area contributed by atoms with Gasteiger partial charge in [0.25, 0.3) is 0 Å². The number of halogens is 1. The summed E-state index contributed by atoms with van der Waals surface area (Å²) < 4.78 is 11.0. The minimum Gasteiger partial charge on any atom is -0.486 e. The summed E-state index contributed by atoms with van der Waals surface area (Å²) >= 11 is 7.27. The van der Waals surface area contributed by atoms with Crippen LogP contribution in [-0.2, 0) is 4.79 Å². The van der Waals surface area contributed by atoms with Crippen LogP contribution < -0.4 is 14.8 Å². The molecule has 2 aromatic rings. The van der Waals surface area contributed by atoms with Gasteiger partial charge in [-0.15, -0.1) is 11.8 Å². The minimum absolute atomic E-state index is 0.166. The molecule has 0 fully saturated rings. The van der Waals surface area contributed by atoms with Crippen molar-refractivity contribution in [2.45, 2.75) is 4.90 Å². The van der Waals surface area contributed by atoms with Crippen LogP contribution in [0, 0.1) is 11.3 Å². The lowest BCUT2D eigenvalue weighted by atomic mass is 10.2. The van der Waals surface area contributed by atoms with Crippen LogP contribution in [0.15, 0.2) is 41.3 Å². The van der Waals surface area contributed by atoms with E-state index in [4.69, 9.17) is 26.3 Å². The summed E-state index contributed by atoms with van der Waals surface area (Å²) in [6, 6.07) is 12.4. The third-order valence-electron chi connectivity index (χ3n) is 3.25. The maximum absolute atomic E-state index is 12.1. The standard InChI is InChI=1S/C17H13ClN2O3S/c18-14-3-1-12(7-11(14)9-19)20-17(21)10-24-13-2-4-15-16(8-13)23-6-5-22-15/h1-4,7-8H,5-6,10H2,(H,20,21). The summed E-state index contributed by atoms with van der Waals surface area (Å²) in [5, 5.41) is 12.1. The van der Waals surface area contributed by atoms with Crippen molar-refractivity contribution in [1.29, 1.82) is 5.26 Å². The van der Waals surface area contributed by atoms with Gasteiger partial charge >= 0.3 is 0 Å². The Hall–Kier alpha value is -2.36. The van der Waals surface area contributed by atoms with Gasteiger partial charge in [-0.1, -0.05) is 11.6 Å². The molecule has 0 unspecified atom stereocenters. The van der Waals surface area contributed by atoms with Gasteiger partial charge in [-0.25, -0.2) is 0 Å². The van der Waals surface area contributed by atoms with Gasteiger partial charge in [-0.05, 0) is 36.4 Å². The minimum atomic E-state index is -0.166. The number of nitrogens with zero attached hydrogens (tertiary/aromatic N) is 1. The SMILES string of the molecule is N#Cc1cc(NC(=O)CSc2ccc3c(c2)OCCO3)ccc1Cl. The van der Waals surface area contributed by atoms with Gasteiger partial charge in [0.05, 0.1) is 16.3 Å². The third kappa shape index (κ3) is 3.94. The molecule has 24 heavy (non-hydrogen) atoms. The lowest BCUT2D eigenvalue weighted by Gasteiger charge is -2.18. The average Bonchev–Trinajstić information content (AvgIpc) is 2.61. The molecule has 1 amide bonds. The maximum atomic E-state index is 12.1. The molecule has 122 valence electrons. The van der Waals surface area contributed by atoms with Crippen molar-refractivity contribution in [3.05, 3.63) is 47.0 Å². The number of nitriles is 1. The number of fused-ring (bicyclic) bond motifs is 1. The summed E-state index contributed by atoms with van der Waals surface area (Å²) in [5.41, 5.74) is 0.873. The highest BCUT2D eigenvalue weighted by molar-refractivity contribution is 8.00. The van der Waals surface area contributed by atoms with Crippen molar-refractivity contribution < 1.29 is 14.3 Å². The first-order valence-electron chi connectivity index (χ1n) is 7.17. The predicted molar refractivity (Wildman–Crippen MR) is 93.0 cm³/mol. The number of hydrogen-bond donors (Lipinski definition) is 1. The summed E-state index contributed by atoms with van der Waals surface area (Å²) in [5.74, 6) is 1.49. The Balaban J connectivity index is 1.59. The molecule has 0 bridgehead atoms. The Morgan fingerprint density at radius 1 is 1.21 bits per heavy atom. The molecule has 3 rings (SSSR count). The molecule has 1 aliphatic rings. The van der Waals surface area contributed by atoms with E-state index < -0.39 is 0 Å². The van der Waals surface area contributed by atoms with Gasteiger partial charge < -0.3 is 14.8 Å². The first-order valence-corrected chi connectivity index (χ1v) is 8.54. The van der Waals surface area contributed by atoms with E-state index in [1.807, 2.05) is 24.3 Å². The van der Waals surface area contributed by atoms with E-state index in [9.17, 15) is 4.79 Å². The zero-order valence-corrected chi connectivity index (χ0v) is 14.1. The Morgan fingerprint density at radius 3 is 2.79 bits per heavy atom. The summed E-state index contributed by atoms with van der Waals surface area (Å²) in [6.45, 7) is 1.08. The van der Waals surface area contributed by atoms with Crippen molar-refractivity contribution in [1.82, 2.24) is 0 Å². The molecule has 1 N–H and O–H groups in total. The van der Waals surface area contributed by atoms with E-state index in [2.05, 4.69) is 5.32 Å². The lowest BCUT2D eigenvalue weighted by Crippen LogP contribution is -2.15. The van der Waals surface area contributed by atoms with Crippen molar-refractivity contribution >= 4 is 35.0 Å². The molecule has 0 saturated heterocycles. The van der Waals surface area contributed by atoms with Gasteiger partial charge in [0.15, 0.2) is 11.5 Å². The van der Waals surface area contributed by atoms with E-state index in [0.717, 1.165) is 10.6 Å². The monoisotopic (exact) mass is 360 g/mol. The molecule has 2 aromatic carbocycles. The van der Waals surface area contributed by atoms with Crippen molar-refractivity contribution in [2.75, 3.05) is 24.3 Å². The summed E-state index contributed by atoms with van der Waals surface area (Å²) in [6.07, 6.45) is 0. The molecule has 0 aliphatic carbocycles. The van der Waals surface area contributed by atoms with Crippen molar-refractivity contribution in [3.8, 4) is 17.6 Å². The predicted octanol–water partition coefficient (Wildman–Crippen LogP) is 3.71. The number of thioether (sulfide) groups is 1. The highest BCUT2D eigenvalue weighted by atomic mass is 35.5. The highest BCUT2D eigenvalue weighted by Crippen LogP contribution is 2.34. The van der Waals surface area contributed by atoms with E-state index in [1.54, 1.807) is 18.2 Å². The number of nitrogens with one attached hydrogen (secondary N) is 1. The van der Waals surface area contributed by atoms with Gasteiger partial charge in [0, 0.05) is 10.6 Å². The van der Waals surface area contributed by atoms with Gasteiger partial charge in [-0.3, -0.25) is 4.79 Å². The Labute approximate surface area is 148 Å². The van der Waals surface area contributed by atoms with Crippen molar-refractivity contribution in [2.24, 2.45) is 0 Å². The second-order valence-corrected chi connectivity index (χ2v) is 6.40. The molecule has 7 heteroatoms. The molecular formula is C17H13ClN2O3S.